The summed E-state index contributed by atoms with van der Waals surface area (Å²) < 4.78 is 23.7. The van der Waals surface area contributed by atoms with Crippen molar-refractivity contribution in [2.75, 3.05) is 18.1 Å². The molecule has 1 saturated heterocycles. The van der Waals surface area contributed by atoms with E-state index in [1.54, 1.807) is 28.2 Å². The van der Waals surface area contributed by atoms with Crippen LogP contribution < -0.4 is 11.1 Å². The molecule has 0 bridgehead atoms. The lowest BCUT2D eigenvalue weighted by molar-refractivity contribution is -0.0183. The first kappa shape index (κ1) is 18.3. The molecule has 5 heterocycles. The minimum Gasteiger partial charge on any atom is -0.383 e. The van der Waals surface area contributed by atoms with Gasteiger partial charge in [-0.2, -0.15) is 0 Å². The number of aryl methyl sites for hydroxylation is 1. The number of pyridine rings is 1. The van der Waals surface area contributed by atoms with Crippen LogP contribution in [0.2, 0.25) is 0 Å². The van der Waals surface area contributed by atoms with Crippen molar-refractivity contribution in [1.82, 2.24) is 19.5 Å². The summed E-state index contributed by atoms with van der Waals surface area (Å²) in [6.07, 6.45) is 3.22. The van der Waals surface area contributed by atoms with Gasteiger partial charge in [0.15, 0.2) is 6.23 Å². The van der Waals surface area contributed by atoms with Crippen LogP contribution in [0.1, 0.15) is 23.9 Å². The lowest BCUT2D eigenvalue weighted by Crippen LogP contribution is -2.16. The fourth-order valence-electron chi connectivity index (χ4n) is 3.87. The fourth-order valence-corrected chi connectivity index (χ4v) is 4.89. The van der Waals surface area contributed by atoms with Crippen LogP contribution >= 0.6 is 11.3 Å². The molecule has 5 rings (SSSR count). The van der Waals surface area contributed by atoms with Crippen molar-refractivity contribution in [3.8, 4) is 0 Å². The molecule has 1 aliphatic rings. The topological polar surface area (TPSA) is 90.9 Å². The highest BCUT2D eigenvalue weighted by molar-refractivity contribution is 7.19. The summed E-state index contributed by atoms with van der Waals surface area (Å²) in [7, 11) is 1.86. The Kier molecular flexibility index (Phi) is 4.56. The summed E-state index contributed by atoms with van der Waals surface area (Å²) in [5, 5.41) is 3.77. The van der Waals surface area contributed by atoms with Gasteiger partial charge >= 0.3 is 0 Å². The van der Waals surface area contributed by atoms with E-state index in [9.17, 15) is 4.39 Å². The van der Waals surface area contributed by atoms with Gasteiger partial charge in [-0.1, -0.05) is 0 Å². The zero-order valence-electron chi connectivity index (χ0n) is 15.9. The molecule has 1 fully saturated rings. The third kappa shape index (κ3) is 3.30. The minimum atomic E-state index is -1.09. The Morgan fingerprint density at radius 3 is 3.10 bits per heavy atom. The number of hydrogen-bond acceptors (Lipinski definition) is 7. The number of alkyl halides is 1. The Balaban J connectivity index is 1.29. The zero-order chi connectivity index (χ0) is 20.0. The molecule has 1 aliphatic heterocycles. The highest BCUT2D eigenvalue weighted by Crippen LogP contribution is 2.36. The molecule has 0 amide bonds. The number of hydrogen-bond donors (Lipinski definition) is 2. The molecule has 3 N–H and O–H groups in total. The molecule has 0 aliphatic carbocycles. The third-order valence-electron chi connectivity index (χ3n) is 5.34. The van der Waals surface area contributed by atoms with E-state index in [4.69, 9.17) is 10.5 Å². The number of anilines is 2. The van der Waals surface area contributed by atoms with Gasteiger partial charge in [-0.15, -0.1) is 11.3 Å². The molecule has 0 radical (unpaired) electrons. The van der Waals surface area contributed by atoms with Crippen LogP contribution in [0, 0.1) is 0 Å². The lowest BCUT2D eigenvalue weighted by Gasteiger charge is -2.16. The summed E-state index contributed by atoms with van der Waals surface area (Å²) in [5.74, 6) is 1.24. The normalized spacial score (nSPS) is 21.9. The summed E-state index contributed by atoms with van der Waals surface area (Å²) in [6, 6.07) is 7.96. The van der Waals surface area contributed by atoms with Gasteiger partial charge in [0.05, 0.1) is 21.7 Å². The Morgan fingerprint density at radius 1 is 1.34 bits per heavy atom. The van der Waals surface area contributed by atoms with Crippen molar-refractivity contribution >= 4 is 44.2 Å². The third-order valence-corrected chi connectivity index (χ3v) is 6.49. The maximum absolute atomic E-state index is 14.8. The van der Waals surface area contributed by atoms with Crippen molar-refractivity contribution < 1.29 is 9.13 Å². The standard InChI is InChI=1S/C20H21FN6OS/c1-23-17-5-4-16-15(26-17)9-12(29-16)3-2-11-8-14(21)20(28-11)27-7-6-13-18(22)24-10-25-19(13)27/h4-7,9-11,14,20H,2-3,8H2,1H3,(H,23,26)(H2,22,24,25). The van der Waals surface area contributed by atoms with Crippen LogP contribution in [-0.4, -0.2) is 38.8 Å². The molecule has 0 aromatic carbocycles. The largest absolute Gasteiger partial charge is 0.383 e. The fraction of sp³-hybridized carbons (Fsp3) is 0.350. The van der Waals surface area contributed by atoms with E-state index in [-0.39, 0.29) is 6.10 Å². The Hall–Kier alpha value is -2.78. The second-order valence-electron chi connectivity index (χ2n) is 7.20. The number of halogens is 1. The Morgan fingerprint density at radius 2 is 2.24 bits per heavy atom. The molecular weight excluding hydrogens is 391 g/mol. The summed E-state index contributed by atoms with van der Waals surface area (Å²) >= 11 is 1.73. The molecule has 29 heavy (non-hydrogen) atoms. The van der Waals surface area contributed by atoms with Gasteiger partial charge in [0, 0.05) is 24.5 Å². The SMILES string of the molecule is CNc1ccc2sc(CCC3CC(F)C(n4ccc5c(N)ncnc54)O3)cc2n1. The number of thiophene rings is 1. The molecule has 0 saturated carbocycles. The number of aromatic nitrogens is 4. The van der Waals surface area contributed by atoms with Crippen LogP contribution in [-0.2, 0) is 11.2 Å². The molecule has 3 unspecified atom stereocenters. The highest BCUT2D eigenvalue weighted by atomic mass is 32.1. The van der Waals surface area contributed by atoms with Gasteiger partial charge in [0.25, 0.3) is 0 Å². The van der Waals surface area contributed by atoms with Crippen LogP contribution in [0.3, 0.4) is 0 Å². The van der Waals surface area contributed by atoms with Gasteiger partial charge in [-0.05, 0) is 37.1 Å². The quantitative estimate of drug-likeness (QED) is 0.516. The average molecular weight is 412 g/mol. The van der Waals surface area contributed by atoms with Crippen molar-refractivity contribution in [2.45, 2.75) is 37.8 Å². The Labute approximate surface area is 170 Å². The van der Waals surface area contributed by atoms with Crippen molar-refractivity contribution in [3.05, 3.63) is 41.7 Å². The van der Waals surface area contributed by atoms with E-state index in [0.717, 1.165) is 28.9 Å². The maximum atomic E-state index is 14.8. The number of ether oxygens (including phenoxy) is 1. The molecule has 9 heteroatoms. The van der Waals surface area contributed by atoms with E-state index in [0.29, 0.717) is 23.3 Å². The number of fused-ring (bicyclic) bond motifs is 2. The molecule has 3 atom stereocenters. The maximum Gasteiger partial charge on any atom is 0.167 e. The van der Waals surface area contributed by atoms with Crippen molar-refractivity contribution in [3.63, 3.8) is 0 Å². The van der Waals surface area contributed by atoms with Gasteiger partial charge in [0.2, 0.25) is 0 Å². The first-order chi connectivity index (χ1) is 14.1. The van der Waals surface area contributed by atoms with Crippen LogP contribution in [0.4, 0.5) is 16.0 Å². The molecule has 7 nitrogen and oxygen atoms in total. The van der Waals surface area contributed by atoms with E-state index >= 15 is 0 Å². The second kappa shape index (κ2) is 7.23. The molecule has 4 aromatic rings. The first-order valence-electron chi connectivity index (χ1n) is 9.56. The molecule has 0 spiro atoms. The van der Waals surface area contributed by atoms with Gasteiger partial charge in [-0.25, -0.2) is 19.3 Å². The van der Waals surface area contributed by atoms with Gasteiger partial charge in [0.1, 0.15) is 29.8 Å². The number of nitrogens with one attached hydrogen (secondary N) is 1. The molecule has 4 aromatic heterocycles. The first-order valence-corrected chi connectivity index (χ1v) is 10.4. The summed E-state index contributed by atoms with van der Waals surface area (Å²) in [5.41, 5.74) is 7.47. The van der Waals surface area contributed by atoms with Gasteiger partial charge in [-0.3, -0.25) is 0 Å². The smallest absolute Gasteiger partial charge is 0.167 e. The Bertz CT molecular complexity index is 1170. The molecule has 150 valence electrons. The van der Waals surface area contributed by atoms with E-state index < -0.39 is 12.4 Å². The van der Waals surface area contributed by atoms with Crippen molar-refractivity contribution in [1.29, 1.82) is 0 Å². The number of rotatable bonds is 5. The monoisotopic (exact) mass is 412 g/mol. The van der Waals surface area contributed by atoms with E-state index in [1.165, 1.54) is 11.2 Å². The van der Waals surface area contributed by atoms with Crippen LogP contribution in [0.15, 0.2) is 36.8 Å². The average Bonchev–Trinajstić information content (AvgIpc) is 3.42. The van der Waals surface area contributed by atoms with Crippen molar-refractivity contribution in [2.24, 2.45) is 0 Å². The predicted molar refractivity (Wildman–Crippen MR) is 113 cm³/mol. The minimum absolute atomic E-state index is 0.141. The van der Waals surface area contributed by atoms with E-state index in [2.05, 4.69) is 32.4 Å². The second-order valence-corrected chi connectivity index (χ2v) is 8.37. The van der Waals surface area contributed by atoms with E-state index in [1.807, 2.05) is 13.1 Å². The summed E-state index contributed by atoms with van der Waals surface area (Å²) in [6.45, 7) is 0. The number of nitrogens with two attached hydrogens (primary N) is 1. The molecular formula is C20H21FN6OS. The number of nitrogens with zero attached hydrogens (tertiary/aromatic N) is 4. The zero-order valence-corrected chi connectivity index (χ0v) is 16.7. The van der Waals surface area contributed by atoms with Crippen LogP contribution in [0.5, 0.6) is 0 Å². The van der Waals surface area contributed by atoms with Gasteiger partial charge < -0.3 is 20.4 Å². The predicted octanol–water partition coefficient (Wildman–Crippen LogP) is 3.92. The summed E-state index contributed by atoms with van der Waals surface area (Å²) in [4.78, 5) is 14.0. The lowest BCUT2D eigenvalue weighted by atomic mass is 10.1. The highest BCUT2D eigenvalue weighted by Gasteiger charge is 2.37. The number of nitrogen functional groups attached to an aromatic ring is 1. The van der Waals surface area contributed by atoms with Crippen LogP contribution in [0.25, 0.3) is 21.3 Å².